The quantitative estimate of drug-likeness (QED) is 0.558. The number of aromatic nitrogens is 1. The Kier molecular flexibility index (Phi) is 4.70. The minimum absolute atomic E-state index is 0.0133. The number of rotatable bonds is 2. The van der Waals surface area contributed by atoms with Gasteiger partial charge < -0.3 is 9.47 Å². The molecule has 88 valence electrons. The monoisotopic (exact) mass is 233 g/mol. The molecule has 0 aromatic carbocycles. The van der Waals surface area contributed by atoms with Crippen LogP contribution in [-0.4, -0.2) is 31.1 Å². The molecule has 1 rings (SSSR count). The molecular formula is C12H11NO4. The van der Waals surface area contributed by atoms with Gasteiger partial charge in [-0.15, -0.1) is 0 Å². The largest absolute Gasteiger partial charge is 0.468 e. The molecule has 5 heteroatoms. The minimum atomic E-state index is -0.526. The molecule has 1 aromatic rings. The van der Waals surface area contributed by atoms with Crippen LogP contribution in [0.2, 0.25) is 0 Å². The lowest BCUT2D eigenvalue weighted by atomic mass is 10.3. The maximum absolute atomic E-state index is 11.2. The van der Waals surface area contributed by atoms with Gasteiger partial charge in [-0.05, 0) is 18.1 Å². The molecule has 0 aliphatic rings. The Morgan fingerprint density at radius 1 is 1.29 bits per heavy atom. The van der Waals surface area contributed by atoms with Gasteiger partial charge in [0, 0.05) is 0 Å². The van der Waals surface area contributed by atoms with Crippen molar-refractivity contribution in [2.24, 2.45) is 0 Å². The van der Waals surface area contributed by atoms with Crippen molar-refractivity contribution in [3.63, 3.8) is 0 Å². The van der Waals surface area contributed by atoms with Crippen LogP contribution >= 0.6 is 0 Å². The highest BCUT2D eigenvalue weighted by Crippen LogP contribution is 2.00. The zero-order valence-corrected chi connectivity index (χ0v) is 9.52. The number of hydrogen-bond acceptors (Lipinski definition) is 5. The van der Waals surface area contributed by atoms with Crippen molar-refractivity contribution in [3.8, 4) is 11.8 Å². The Balaban J connectivity index is 2.78. The molecule has 0 amide bonds. The fraction of sp³-hybridized carbons (Fsp3) is 0.250. The Morgan fingerprint density at radius 2 is 2.06 bits per heavy atom. The van der Waals surface area contributed by atoms with Crippen LogP contribution in [0, 0.1) is 11.8 Å². The van der Waals surface area contributed by atoms with E-state index in [2.05, 4.69) is 26.3 Å². The summed E-state index contributed by atoms with van der Waals surface area (Å²) in [5.41, 5.74) is 0.578. The molecule has 0 aliphatic carbocycles. The van der Waals surface area contributed by atoms with Gasteiger partial charge in [0.05, 0.1) is 14.2 Å². The number of methoxy groups -OCH3 is 2. The molecule has 0 fully saturated rings. The zero-order chi connectivity index (χ0) is 12.7. The third-order valence-corrected chi connectivity index (χ3v) is 1.82. The van der Waals surface area contributed by atoms with Crippen molar-refractivity contribution >= 4 is 11.9 Å². The summed E-state index contributed by atoms with van der Waals surface area (Å²) in [4.78, 5) is 26.0. The SMILES string of the molecule is COC(=O)CC#Cc1cccc(C(=O)OC)n1. The summed E-state index contributed by atoms with van der Waals surface area (Å²) in [6.45, 7) is 0. The smallest absolute Gasteiger partial charge is 0.356 e. The number of pyridine rings is 1. The molecular weight excluding hydrogens is 222 g/mol. The third-order valence-electron chi connectivity index (χ3n) is 1.82. The Bertz CT molecular complexity index is 485. The van der Waals surface area contributed by atoms with E-state index in [0.717, 1.165) is 0 Å². The first-order chi connectivity index (χ1) is 8.17. The maximum atomic E-state index is 11.2. The van der Waals surface area contributed by atoms with Crippen LogP contribution < -0.4 is 0 Å². The van der Waals surface area contributed by atoms with E-state index < -0.39 is 11.9 Å². The topological polar surface area (TPSA) is 65.5 Å². The zero-order valence-electron chi connectivity index (χ0n) is 9.52. The Labute approximate surface area is 98.8 Å². The first kappa shape index (κ1) is 12.7. The molecule has 5 nitrogen and oxygen atoms in total. The van der Waals surface area contributed by atoms with Crippen LogP contribution in [0.15, 0.2) is 18.2 Å². The molecule has 1 heterocycles. The summed E-state index contributed by atoms with van der Waals surface area (Å²) < 4.78 is 8.96. The van der Waals surface area contributed by atoms with Gasteiger partial charge in [-0.25, -0.2) is 9.78 Å². The van der Waals surface area contributed by atoms with E-state index in [0.29, 0.717) is 5.69 Å². The summed E-state index contributed by atoms with van der Waals surface area (Å²) in [6.07, 6.45) is -0.0133. The highest BCUT2D eigenvalue weighted by Gasteiger charge is 2.06. The molecule has 0 N–H and O–H groups in total. The van der Waals surface area contributed by atoms with E-state index in [9.17, 15) is 9.59 Å². The van der Waals surface area contributed by atoms with Gasteiger partial charge in [0.2, 0.25) is 0 Å². The van der Waals surface area contributed by atoms with E-state index in [1.54, 1.807) is 12.1 Å². The minimum Gasteiger partial charge on any atom is -0.468 e. The van der Waals surface area contributed by atoms with Crippen molar-refractivity contribution < 1.29 is 19.1 Å². The number of ether oxygens (including phenoxy) is 2. The van der Waals surface area contributed by atoms with Crippen LogP contribution in [0.1, 0.15) is 22.6 Å². The molecule has 0 radical (unpaired) electrons. The molecule has 0 aliphatic heterocycles. The van der Waals surface area contributed by atoms with E-state index in [-0.39, 0.29) is 12.1 Å². The van der Waals surface area contributed by atoms with Gasteiger partial charge in [-0.1, -0.05) is 12.0 Å². The van der Waals surface area contributed by atoms with Gasteiger partial charge in [0.15, 0.2) is 0 Å². The highest BCUT2D eigenvalue weighted by atomic mass is 16.5. The molecule has 0 unspecified atom stereocenters. The second-order valence-electron chi connectivity index (χ2n) is 2.95. The molecule has 0 atom stereocenters. The van der Waals surface area contributed by atoms with Crippen molar-refractivity contribution in [1.82, 2.24) is 4.98 Å². The van der Waals surface area contributed by atoms with Gasteiger partial charge in [-0.3, -0.25) is 4.79 Å². The van der Waals surface area contributed by atoms with Gasteiger partial charge in [-0.2, -0.15) is 0 Å². The van der Waals surface area contributed by atoms with Gasteiger partial charge in [0.1, 0.15) is 17.8 Å². The Hall–Kier alpha value is -2.35. The van der Waals surface area contributed by atoms with E-state index in [4.69, 9.17) is 0 Å². The lowest BCUT2D eigenvalue weighted by molar-refractivity contribution is -0.139. The highest BCUT2D eigenvalue weighted by molar-refractivity contribution is 5.87. The fourth-order valence-corrected chi connectivity index (χ4v) is 1.00. The lowest BCUT2D eigenvalue weighted by Gasteiger charge is -1.97. The van der Waals surface area contributed by atoms with Crippen molar-refractivity contribution in [3.05, 3.63) is 29.6 Å². The summed E-state index contributed by atoms with van der Waals surface area (Å²) in [7, 11) is 2.57. The van der Waals surface area contributed by atoms with Crippen LogP contribution in [0.3, 0.4) is 0 Å². The molecule has 0 saturated heterocycles. The predicted molar refractivity (Wildman–Crippen MR) is 59.1 cm³/mol. The van der Waals surface area contributed by atoms with Gasteiger partial charge in [0.25, 0.3) is 0 Å². The summed E-state index contributed by atoms with van der Waals surface area (Å²) in [6, 6.07) is 4.80. The molecule has 0 spiro atoms. The van der Waals surface area contributed by atoms with E-state index in [1.165, 1.54) is 20.3 Å². The second kappa shape index (κ2) is 6.28. The standard InChI is InChI=1S/C12H11NO4/c1-16-11(14)8-4-6-9-5-3-7-10(13-9)12(15)17-2/h3,5,7H,8H2,1-2H3. The number of hydrogen-bond donors (Lipinski definition) is 0. The lowest BCUT2D eigenvalue weighted by Crippen LogP contribution is -2.04. The predicted octanol–water partition coefficient (Wildman–Crippen LogP) is 0.783. The number of nitrogens with zero attached hydrogens (tertiary/aromatic N) is 1. The summed E-state index contributed by atoms with van der Waals surface area (Å²) >= 11 is 0. The molecule has 1 aromatic heterocycles. The second-order valence-corrected chi connectivity index (χ2v) is 2.95. The van der Waals surface area contributed by atoms with E-state index in [1.807, 2.05) is 0 Å². The first-order valence-electron chi connectivity index (χ1n) is 4.78. The van der Waals surface area contributed by atoms with Crippen LogP contribution in [-0.2, 0) is 14.3 Å². The van der Waals surface area contributed by atoms with Crippen molar-refractivity contribution in [2.75, 3.05) is 14.2 Å². The van der Waals surface area contributed by atoms with Crippen molar-refractivity contribution in [1.29, 1.82) is 0 Å². The van der Waals surface area contributed by atoms with Crippen LogP contribution in [0.4, 0.5) is 0 Å². The maximum Gasteiger partial charge on any atom is 0.356 e. The summed E-state index contributed by atoms with van der Waals surface area (Å²) in [5, 5.41) is 0. The molecule has 0 saturated carbocycles. The van der Waals surface area contributed by atoms with Crippen LogP contribution in [0.25, 0.3) is 0 Å². The van der Waals surface area contributed by atoms with Crippen LogP contribution in [0.5, 0.6) is 0 Å². The number of carbonyl (C=O) groups is 2. The average molecular weight is 233 g/mol. The van der Waals surface area contributed by atoms with E-state index >= 15 is 0 Å². The Morgan fingerprint density at radius 3 is 2.71 bits per heavy atom. The fourth-order valence-electron chi connectivity index (χ4n) is 1.00. The number of carbonyl (C=O) groups excluding carboxylic acids is 2. The third kappa shape index (κ3) is 3.95. The molecule has 0 bridgehead atoms. The molecule has 17 heavy (non-hydrogen) atoms. The number of esters is 2. The normalized spacial score (nSPS) is 8.82. The first-order valence-corrected chi connectivity index (χ1v) is 4.78. The average Bonchev–Trinajstić information content (AvgIpc) is 2.38. The van der Waals surface area contributed by atoms with Crippen molar-refractivity contribution in [2.45, 2.75) is 6.42 Å². The van der Waals surface area contributed by atoms with Gasteiger partial charge >= 0.3 is 11.9 Å². The summed E-state index contributed by atoms with van der Waals surface area (Å²) in [5.74, 6) is 4.32.